The maximum Gasteiger partial charge on any atom is 0.305 e. The summed E-state index contributed by atoms with van der Waals surface area (Å²) in [6, 6.07) is 0. The minimum absolute atomic E-state index is 0.122. The highest BCUT2D eigenvalue weighted by atomic mass is 16.5. The molecule has 0 spiro atoms. The van der Waals surface area contributed by atoms with Crippen molar-refractivity contribution >= 4 is 5.97 Å². The first-order chi connectivity index (χ1) is 11.1. The standard InChI is InChI=1S/C19H36O4/c1-3-4-11-14-17(20)18(21)15-12-9-7-5-6-8-10-13-16-19(22)23-2/h9,12,17-18,20-21H,3-8,10-11,13-16H2,1-2H3/b12-9+. The predicted molar refractivity (Wildman–Crippen MR) is 94.2 cm³/mol. The Morgan fingerprint density at radius 1 is 0.957 bits per heavy atom. The zero-order chi connectivity index (χ0) is 17.3. The van der Waals surface area contributed by atoms with Crippen molar-refractivity contribution in [2.45, 2.75) is 96.2 Å². The fraction of sp³-hybridized carbons (Fsp3) is 0.842. The van der Waals surface area contributed by atoms with Crippen LogP contribution in [-0.4, -0.2) is 35.5 Å². The third kappa shape index (κ3) is 14.5. The normalized spacial score (nSPS) is 14.1. The summed E-state index contributed by atoms with van der Waals surface area (Å²) >= 11 is 0. The number of methoxy groups -OCH3 is 1. The smallest absolute Gasteiger partial charge is 0.305 e. The van der Waals surface area contributed by atoms with Gasteiger partial charge in [-0.2, -0.15) is 0 Å². The summed E-state index contributed by atoms with van der Waals surface area (Å²) in [5.74, 6) is -0.122. The molecule has 0 heterocycles. The molecule has 0 amide bonds. The van der Waals surface area contributed by atoms with Crippen molar-refractivity contribution in [1.29, 1.82) is 0 Å². The van der Waals surface area contributed by atoms with Gasteiger partial charge in [-0.05, 0) is 32.1 Å². The average molecular weight is 328 g/mol. The highest BCUT2D eigenvalue weighted by Crippen LogP contribution is 2.11. The van der Waals surface area contributed by atoms with E-state index >= 15 is 0 Å². The van der Waals surface area contributed by atoms with Crippen LogP contribution in [0.1, 0.15) is 84.0 Å². The van der Waals surface area contributed by atoms with Crippen molar-refractivity contribution in [2.75, 3.05) is 7.11 Å². The van der Waals surface area contributed by atoms with Crippen molar-refractivity contribution < 1.29 is 19.7 Å². The number of carbonyl (C=O) groups excluding carboxylic acids is 1. The minimum atomic E-state index is -0.638. The molecule has 4 heteroatoms. The first-order valence-corrected chi connectivity index (χ1v) is 9.19. The Kier molecular flexibility index (Phi) is 15.4. The Balaban J connectivity index is 3.44. The zero-order valence-electron chi connectivity index (χ0n) is 15.0. The minimum Gasteiger partial charge on any atom is -0.469 e. The summed E-state index contributed by atoms with van der Waals surface area (Å²) < 4.78 is 4.60. The monoisotopic (exact) mass is 328 g/mol. The zero-order valence-corrected chi connectivity index (χ0v) is 15.0. The Morgan fingerprint density at radius 2 is 1.65 bits per heavy atom. The molecule has 0 saturated heterocycles. The first-order valence-electron chi connectivity index (χ1n) is 9.19. The Labute approximate surface area is 141 Å². The van der Waals surface area contributed by atoms with Gasteiger partial charge in [-0.15, -0.1) is 0 Å². The van der Waals surface area contributed by atoms with Crippen molar-refractivity contribution in [3.05, 3.63) is 12.2 Å². The molecule has 136 valence electrons. The van der Waals surface area contributed by atoms with Crippen LogP contribution >= 0.6 is 0 Å². The van der Waals surface area contributed by atoms with Crippen molar-refractivity contribution in [1.82, 2.24) is 0 Å². The Bertz CT molecular complexity index is 302. The number of allylic oxidation sites excluding steroid dienone is 1. The van der Waals surface area contributed by atoms with Crippen LogP contribution in [0.15, 0.2) is 12.2 Å². The lowest BCUT2D eigenvalue weighted by atomic mass is 10.0. The number of carbonyl (C=O) groups is 1. The van der Waals surface area contributed by atoms with Gasteiger partial charge in [0.05, 0.1) is 19.3 Å². The number of esters is 1. The average Bonchev–Trinajstić information content (AvgIpc) is 2.56. The summed E-state index contributed by atoms with van der Waals surface area (Å²) in [5.41, 5.74) is 0. The van der Waals surface area contributed by atoms with Crippen LogP contribution in [0.4, 0.5) is 0 Å². The Hall–Kier alpha value is -0.870. The molecule has 2 unspecified atom stereocenters. The van der Waals surface area contributed by atoms with E-state index in [1.807, 2.05) is 6.08 Å². The highest BCUT2D eigenvalue weighted by Gasteiger charge is 2.13. The predicted octanol–water partition coefficient (Wildman–Crippen LogP) is 4.14. The van der Waals surface area contributed by atoms with Gasteiger partial charge >= 0.3 is 5.97 Å². The van der Waals surface area contributed by atoms with Crippen molar-refractivity contribution in [2.24, 2.45) is 0 Å². The van der Waals surface area contributed by atoms with E-state index in [0.717, 1.165) is 57.8 Å². The molecule has 0 bridgehead atoms. The lowest BCUT2D eigenvalue weighted by molar-refractivity contribution is -0.140. The molecule has 0 saturated carbocycles. The van der Waals surface area contributed by atoms with Gasteiger partial charge in [-0.3, -0.25) is 4.79 Å². The largest absolute Gasteiger partial charge is 0.469 e. The fourth-order valence-electron chi connectivity index (χ4n) is 2.47. The Morgan fingerprint density at radius 3 is 2.35 bits per heavy atom. The van der Waals surface area contributed by atoms with E-state index in [4.69, 9.17) is 0 Å². The van der Waals surface area contributed by atoms with Crippen LogP contribution < -0.4 is 0 Å². The van der Waals surface area contributed by atoms with Gasteiger partial charge in [0.2, 0.25) is 0 Å². The molecule has 0 aliphatic heterocycles. The number of hydrogen-bond donors (Lipinski definition) is 2. The second-order valence-electron chi connectivity index (χ2n) is 6.22. The molecule has 0 aromatic carbocycles. The maximum atomic E-state index is 10.9. The summed E-state index contributed by atoms with van der Waals surface area (Å²) in [4.78, 5) is 10.9. The molecule has 2 N–H and O–H groups in total. The van der Waals surface area contributed by atoms with Crippen LogP contribution in [0.2, 0.25) is 0 Å². The molecule has 0 radical (unpaired) electrons. The van der Waals surface area contributed by atoms with Gasteiger partial charge in [0.15, 0.2) is 0 Å². The summed E-state index contributed by atoms with van der Waals surface area (Å²) in [6.45, 7) is 2.13. The van der Waals surface area contributed by atoms with E-state index in [1.165, 1.54) is 7.11 Å². The van der Waals surface area contributed by atoms with E-state index in [-0.39, 0.29) is 5.97 Å². The molecule has 0 rings (SSSR count). The van der Waals surface area contributed by atoms with E-state index in [1.54, 1.807) is 0 Å². The van der Waals surface area contributed by atoms with Crippen LogP contribution in [-0.2, 0) is 9.53 Å². The number of aliphatic hydroxyl groups excluding tert-OH is 2. The van der Waals surface area contributed by atoms with Gasteiger partial charge in [0, 0.05) is 6.42 Å². The van der Waals surface area contributed by atoms with Crippen LogP contribution in [0.3, 0.4) is 0 Å². The number of unbranched alkanes of at least 4 members (excludes halogenated alkanes) is 7. The second kappa shape index (κ2) is 16.0. The van der Waals surface area contributed by atoms with Gasteiger partial charge in [-0.1, -0.05) is 57.6 Å². The molecule has 2 atom stereocenters. The molecule has 0 fully saturated rings. The molecule has 0 aromatic heterocycles. The molecular formula is C19H36O4. The molecular weight excluding hydrogens is 292 g/mol. The molecule has 23 heavy (non-hydrogen) atoms. The van der Waals surface area contributed by atoms with Gasteiger partial charge in [0.25, 0.3) is 0 Å². The quantitative estimate of drug-likeness (QED) is 0.269. The van der Waals surface area contributed by atoms with E-state index in [0.29, 0.717) is 19.3 Å². The maximum absolute atomic E-state index is 10.9. The summed E-state index contributed by atoms with van der Waals surface area (Å²) in [7, 11) is 1.43. The lowest BCUT2D eigenvalue weighted by Gasteiger charge is -2.15. The van der Waals surface area contributed by atoms with Crippen LogP contribution in [0, 0.1) is 0 Å². The molecule has 4 nitrogen and oxygen atoms in total. The van der Waals surface area contributed by atoms with Gasteiger partial charge in [0.1, 0.15) is 0 Å². The van der Waals surface area contributed by atoms with Crippen molar-refractivity contribution in [3.8, 4) is 0 Å². The van der Waals surface area contributed by atoms with Crippen LogP contribution in [0.5, 0.6) is 0 Å². The number of hydrogen-bond acceptors (Lipinski definition) is 4. The van der Waals surface area contributed by atoms with Gasteiger partial charge < -0.3 is 14.9 Å². The third-order valence-corrected chi connectivity index (χ3v) is 4.07. The molecule has 0 aliphatic rings. The summed E-state index contributed by atoms with van der Waals surface area (Å²) in [6.07, 6.45) is 14.2. The molecule has 0 aromatic rings. The highest BCUT2D eigenvalue weighted by molar-refractivity contribution is 5.68. The second-order valence-corrected chi connectivity index (χ2v) is 6.22. The topological polar surface area (TPSA) is 66.8 Å². The van der Waals surface area contributed by atoms with E-state index in [2.05, 4.69) is 17.7 Å². The van der Waals surface area contributed by atoms with Gasteiger partial charge in [-0.25, -0.2) is 0 Å². The fourth-order valence-corrected chi connectivity index (χ4v) is 2.47. The molecule has 0 aliphatic carbocycles. The lowest BCUT2D eigenvalue weighted by Crippen LogP contribution is -2.25. The third-order valence-electron chi connectivity index (χ3n) is 4.07. The van der Waals surface area contributed by atoms with E-state index in [9.17, 15) is 15.0 Å². The van der Waals surface area contributed by atoms with E-state index < -0.39 is 12.2 Å². The number of aliphatic hydroxyl groups is 2. The SMILES string of the molecule is CCCCCC(O)C(O)C/C=C/CCCCCCCC(=O)OC. The first kappa shape index (κ1) is 22.1. The van der Waals surface area contributed by atoms with Crippen molar-refractivity contribution in [3.63, 3.8) is 0 Å². The van der Waals surface area contributed by atoms with Crippen LogP contribution in [0.25, 0.3) is 0 Å². The number of rotatable bonds is 15. The number of ether oxygens (including phenoxy) is 1. The summed E-state index contributed by atoms with van der Waals surface area (Å²) in [5, 5.41) is 19.7.